The van der Waals surface area contributed by atoms with Crippen LogP contribution in [-0.2, 0) is 39.0 Å². The van der Waals surface area contributed by atoms with E-state index in [0.29, 0.717) is 61.8 Å². The third-order valence-electron chi connectivity index (χ3n) is 8.87. The summed E-state index contributed by atoms with van der Waals surface area (Å²) < 4.78 is 0. The maximum atomic E-state index is 11.2. The van der Waals surface area contributed by atoms with Crippen LogP contribution in [0, 0.1) is 0 Å². The van der Waals surface area contributed by atoms with Crippen molar-refractivity contribution in [3.8, 4) is 11.5 Å². The van der Waals surface area contributed by atoms with Gasteiger partial charge in [0.05, 0.1) is 94.8 Å². The third-order valence-corrected chi connectivity index (χ3v) is 8.87. The van der Waals surface area contributed by atoms with Gasteiger partial charge in [0, 0.05) is 24.8 Å². The fourth-order valence-corrected chi connectivity index (χ4v) is 5.92. The van der Waals surface area contributed by atoms with Crippen LogP contribution in [0.15, 0.2) is 134 Å². The Morgan fingerprint density at radius 1 is 0.411 bits per heavy atom. The summed E-state index contributed by atoms with van der Waals surface area (Å²) in [6.07, 6.45) is 15.6. The first-order chi connectivity index (χ1) is 27.6. The van der Waals surface area contributed by atoms with Gasteiger partial charge < -0.3 is 31.5 Å². The molecule has 0 radical (unpaired) electrons. The Kier molecular flexibility index (Phi) is 12.3. The molecule has 5 heterocycles. The Morgan fingerprint density at radius 3 is 0.964 bits per heavy atom. The van der Waals surface area contributed by atoms with Gasteiger partial charge in [-0.25, -0.2) is 0 Å². The van der Waals surface area contributed by atoms with E-state index in [9.17, 15) is 10.2 Å². The van der Waals surface area contributed by atoms with Gasteiger partial charge in [-0.05, 0) is 96.8 Å². The van der Waals surface area contributed by atoms with E-state index in [4.69, 9.17) is 0 Å². The highest BCUT2D eigenvalue weighted by Gasteiger charge is 2.12. The molecule has 7 rings (SSSR count). The summed E-state index contributed by atoms with van der Waals surface area (Å²) in [5, 5.41) is 37.2. The zero-order valence-corrected chi connectivity index (χ0v) is 30.7. The van der Waals surface area contributed by atoms with Gasteiger partial charge in [0.2, 0.25) is 0 Å². The van der Waals surface area contributed by atoms with E-state index in [0.717, 1.165) is 44.6 Å². The fourth-order valence-electron chi connectivity index (χ4n) is 5.92. The molecule has 5 aromatic heterocycles. The quantitative estimate of drug-likeness (QED) is 0.0645. The van der Waals surface area contributed by atoms with Crippen molar-refractivity contribution in [2.75, 3.05) is 21.3 Å². The second-order valence-corrected chi connectivity index (χ2v) is 13.0. The van der Waals surface area contributed by atoms with Gasteiger partial charge in [0.25, 0.3) is 0 Å². The Bertz CT molecular complexity index is 2130. The largest absolute Gasteiger partial charge is 0.504 e. The van der Waals surface area contributed by atoms with Crippen molar-refractivity contribution < 1.29 is 10.2 Å². The number of anilines is 4. The lowest BCUT2D eigenvalue weighted by atomic mass is 10.1. The third kappa shape index (κ3) is 10.4. The summed E-state index contributed by atoms with van der Waals surface area (Å²) in [6.45, 7) is 1.84. The SMILES string of the molecule is Oc1c(NCc2ccccn2)cc(CC=c2cnc(=CCc3cc(NCc4ccccn4)c(O)c(NCc4ccccn4)c3)cn2)cc1NCc1ccccn1. The number of pyridine rings is 4. The monoisotopic (exact) mass is 742 g/mol. The fraction of sp³-hybridized carbons (Fsp3) is 0.136. The molecule has 0 unspecified atom stereocenters. The average Bonchev–Trinajstić information content (AvgIpc) is 3.25. The van der Waals surface area contributed by atoms with Crippen LogP contribution in [0.2, 0.25) is 0 Å². The maximum absolute atomic E-state index is 11.2. The molecular formula is C44H42N10O2. The summed E-state index contributed by atoms with van der Waals surface area (Å²) in [5.74, 6) is 0.252. The van der Waals surface area contributed by atoms with Crippen LogP contribution >= 0.6 is 0 Å². The number of rotatable bonds is 16. The predicted octanol–water partition coefficient (Wildman–Crippen LogP) is 5.96. The van der Waals surface area contributed by atoms with Crippen LogP contribution in [0.5, 0.6) is 11.5 Å². The number of nitrogens with zero attached hydrogens (tertiary/aromatic N) is 6. The second-order valence-electron chi connectivity index (χ2n) is 13.0. The minimum absolute atomic E-state index is 0.126. The normalized spacial score (nSPS) is 11.6. The molecule has 0 saturated carbocycles. The minimum Gasteiger partial charge on any atom is -0.504 e. The zero-order valence-electron chi connectivity index (χ0n) is 30.7. The van der Waals surface area contributed by atoms with Gasteiger partial charge in [0.15, 0.2) is 11.5 Å². The van der Waals surface area contributed by atoms with E-state index in [2.05, 4.69) is 51.2 Å². The summed E-state index contributed by atoms with van der Waals surface area (Å²) >= 11 is 0. The van der Waals surface area contributed by atoms with Crippen LogP contribution < -0.4 is 32.0 Å². The van der Waals surface area contributed by atoms with Crippen molar-refractivity contribution >= 4 is 34.9 Å². The van der Waals surface area contributed by atoms with Crippen molar-refractivity contribution in [2.45, 2.75) is 39.0 Å². The van der Waals surface area contributed by atoms with Gasteiger partial charge in [-0.15, -0.1) is 0 Å². The van der Waals surface area contributed by atoms with Crippen molar-refractivity contribution in [1.82, 2.24) is 29.9 Å². The smallest absolute Gasteiger partial charge is 0.162 e. The number of phenolic OH excluding ortho intramolecular Hbond substituents is 2. The average molecular weight is 743 g/mol. The lowest BCUT2D eigenvalue weighted by Crippen LogP contribution is -2.17. The summed E-state index contributed by atoms with van der Waals surface area (Å²) in [6, 6.07) is 30.7. The van der Waals surface area contributed by atoms with E-state index in [1.807, 2.05) is 109 Å². The molecule has 0 atom stereocenters. The van der Waals surface area contributed by atoms with Crippen molar-refractivity contribution in [1.29, 1.82) is 0 Å². The Morgan fingerprint density at radius 2 is 0.714 bits per heavy atom. The zero-order chi connectivity index (χ0) is 38.4. The number of aromatic hydroxyl groups is 2. The standard InChI is InChI=1S/C44H42N10O2/c55-43-39(51-27-33-9-1-5-17-45-33)21-31(22-40(43)52-28-34-10-2-6-18-46-34)13-15-37-25-50-38(26-49-37)16-14-32-23-41(53-29-35-11-3-7-19-47-35)44(56)42(24-32)54-30-36-12-4-8-20-48-36/h1-12,15-26,51-56H,13-14,27-30H2. The molecule has 0 amide bonds. The number of hydrogen-bond acceptors (Lipinski definition) is 12. The highest BCUT2D eigenvalue weighted by molar-refractivity contribution is 5.73. The first-order valence-corrected chi connectivity index (χ1v) is 18.3. The van der Waals surface area contributed by atoms with E-state index in [1.54, 1.807) is 37.2 Å². The van der Waals surface area contributed by atoms with Gasteiger partial charge in [-0.1, -0.05) is 36.4 Å². The molecule has 2 aromatic carbocycles. The number of benzene rings is 2. The molecule has 0 aliphatic heterocycles. The molecular weight excluding hydrogens is 701 g/mol. The molecule has 12 heteroatoms. The van der Waals surface area contributed by atoms with E-state index in [1.165, 1.54) is 0 Å². The molecule has 0 spiro atoms. The number of aromatic nitrogens is 6. The molecule has 7 aromatic rings. The van der Waals surface area contributed by atoms with Crippen molar-refractivity contribution in [3.63, 3.8) is 0 Å². The number of hydrogen-bond donors (Lipinski definition) is 6. The summed E-state index contributed by atoms with van der Waals surface area (Å²) in [7, 11) is 0. The molecule has 0 aliphatic carbocycles. The first kappa shape index (κ1) is 37.0. The molecule has 6 N–H and O–H groups in total. The van der Waals surface area contributed by atoms with Crippen molar-refractivity contribution in [3.05, 3.63) is 179 Å². The Hall–Kier alpha value is -7.34. The van der Waals surface area contributed by atoms with Crippen molar-refractivity contribution in [2.24, 2.45) is 0 Å². The van der Waals surface area contributed by atoms with Crippen LogP contribution in [0.25, 0.3) is 12.2 Å². The highest BCUT2D eigenvalue weighted by Crippen LogP contribution is 2.36. The van der Waals surface area contributed by atoms with Gasteiger partial charge in [0.1, 0.15) is 0 Å². The number of nitrogens with one attached hydrogen (secondary N) is 4. The number of phenols is 2. The maximum Gasteiger partial charge on any atom is 0.162 e. The Labute approximate surface area is 324 Å². The Balaban J connectivity index is 1.07. The highest BCUT2D eigenvalue weighted by atomic mass is 16.3. The van der Waals surface area contributed by atoms with E-state index < -0.39 is 0 Å². The van der Waals surface area contributed by atoms with Gasteiger partial charge >= 0.3 is 0 Å². The van der Waals surface area contributed by atoms with E-state index in [-0.39, 0.29) is 11.5 Å². The van der Waals surface area contributed by atoms with Gasteiger partial charge in [-0.2, -0.15) is 0 Å². The van der Waals surface area contributed by atoms with E-state index >= 15 is 0 Å². The molecule has 280 valence electrons. The topological polar surface area (TPSA) is 166 Å². The first-order valence-electron chi connectivity index (χ1n) is 18.3. The predicted molar refractivity (Wildman–Crippen MR) is 220 cm³/mol. The van der Waals surface area contributed by atoms with Crippen LogP contribution in [-0.4, -0.2) is 40.1 Å². The van der Waals surface area contributed by atoms with Crippen LogP contribution in [0.1, 0.15) is 33.9 Å². The summed E-state index contributed by atoms with van der Waals surface area (Å²) in [5.41, 5.74) is 7.78. The lowest BCUT2D eigenvalue weighted by Gasteiger charge is -2.15. The second kappa shape index (κ2) is 18.6. The molecule has 0 fully saturated rings. The lowest BCUT2D eigenvalue weighted by molar-refractivity contribution is 0.478. The summed E-state index contributed by atoms with van der Waals surface area (Å²) in [4.78, 5) is 26.9. The van der Waals surface area contributed by atoms with Crippen LogP contribution in [0.4, 0.5) is 22.7 Å². The van der Waals surface area contributed by atoms with Gasteiger partial charge in [-0.3, -0.25) is 29.9 Å². The molecule has 0 aliphatic rings. The minimum atomic E-state index is 0.126. The van der Waals surface area contributed by atoms with Crippen LogP contribution in [0.3, 0.4) is 0 Å². The molecule has 0 bridgehead atoms. The molecule has 56 heavy (non-hydrogen) atoms. The molecule has 0 saturated heterocycles. The molecule has 12 nitrogen and oxygen atoms in total.